The van der Waals surface area contributed by atoms with E-state index >= 15 is 0 Å². The number of non-ortho nitro benzene ring substituents is 1. The first-order chi connectivity index (χ1) is 15.8. The van der Waals surface area contributed by atoms with Crippen LogP contribution in [0.2, 0.25) is 5.02 Å². The minimum Gasteiger partial charge on any atom is -0.423 e. The Hall–Kier alpha value is -4.30. The summed E-state index contributed by atoms with van der Waals surface area (Å²) in [5.41, 5.74) is 4.82. The van der Waals surface area contributed by atoms with E-state index in [4.69, 9.17) is 16.3 Å². The van der Waals surface area contributed by atoms with Crippen molar-refractivity contribution in [2.24, 2.45) is 5.10 Å². The van der Waals surface area contributed by atoms with E-state index in [1.54, 1.807) is 18.2 Å². The Morgan fingerprint density at radius 2 is 1.76 bits per heavy atom. The number of carbonyl (C=O) groups is 2. The molecule has 166 valence electrons. The summed E-state index contributed by atoms with van der Waals surface area (Å²) in [5.74, 6) is -0.877. The zero-order chi connectivity index (χ0) is 23.8. The van der Waals surface area contributed by atoms with E-state index in [-0.39, 0.29) is 11.4 Å². The van der Waals surface area contributed by atoms with E-state index in [2.05, 4.69) is 10.5 Å². The van der Waals surface area contributed by atoms with Gasteiger partial charge in [0.1, 0.15) is 5.75 Å². The van der Waals surface area contributed by atoms with Crippen molar-refractivity contribution in [2.75, 3.05) is 0 Å². The van der Waals surface area contributed by atoms with Crippen molar-refractivity contribution in [3.63, 3.8) is 0 Å². The Balaban J connectivity index is 1.66. The number of halogens is 1. The van der Waals surface area contributed by atoms with E-state index in [9.17, 15) is 19.7 Å². The van der Waals surface area contributed by atoms with Crippen molar-refractivity contribution in [2.45, 2.75) is 6.92 Å². The van der Waals surface area contributed by atoms with Crippen LogP contribution in [-0.4, -0.2) is 23.0 Å². The van der Waals surface area contributed by atoms with E-state index in [0.29, 0.717) is 21.7 Å². The number of nitrogens with one attached hydrogen (secondary N) is 1. The second kappa shape index (κ2) is 10.8. The zero-order valence-corrected chi connectivity index (χ0v) is 18.2. The number of ether oxygens (including phenoxy) is 1. The normalized spacial score (nSPS) is 11.0. The molecule has 0 aliphatic rings. The van der Waals surface area contributed by atoms with Crippen LogP contribution in [0.15, 0.2) is 77.9 Å². The van der Waals surface area contributed by atoms with Gasteiger partial charge in [0.15, 0.2) is 0 Å². The van der Waals surface area contributed by atoms with Gasteiger partial charge in [-0.2, -0.15) is 5.10 Å². The Bertz CT molecular complexity index is 1240. The van der Waals surface area contributed by atoms with Crippen LogP contribution in [0.3, 0.4) is 0 Å². The van der Waals surface area contributed by atoms with Gasteiger partial charge in [-0.15, -0.1) is 0 Å². The highest BCUT2D eigenvalue weighted by Gasteiger charge is 2.09. The molecule has 0 saturated carbocycles. The fourth-order valence-corrected chi connectivity index (χ4v) is 2.84. The van der Waals surface area contributed by atoms with Crippen molar-refractivity contribution >= 4 is 41.5 Å². The topological polar surface area (TPSA) is 111 Å². The van der Waals surface area contributed by atoms with Gasteiger partial charge in [0.25, 0.3) is 11.6 Å². The predicted molar refractivity (Wildman–Crippen MR) is 125 cm³/mol. The summed E-state index contributed by atoms with van der Waals surface area (Å²) < 4.78 is 5.34. The van der Waals surface area contributed by atoms with Crippen molar-refractivity contribution < 1.29 is 19.2 Å². The van der Waals surface area contributed by atoms with Crippen molar-refractivity contribution in [3.8, 4) is 5.75 Å². The molecule has 0 unspecified atom stereocenters. The van der Waals surface area contributed by atoms with Crippen LogP contribution in [0, 0.1) is 17.0 Å². The molecule has 0 bridgehead atoms. The van der Waals surface area contributed by atoms with Crippen molar-refractivity contribution in [1.82, 2.24) is 5.43 Å². The average Bonchev–Trinajstić information content (AvgIpc) is 2.80. The number of esters is 1. The highest BCUT2D eigenvalue weighted by Crippen LogP contribution is 2.22. The van der Waals surface area contributed by atoms with Crippen LogP contribution in [0.5, 0.6) is 5.75 Å². The molecule has 1 amide bonds. The number of nitro groups is 1. The Kier molecular flexibility index (Phi) is 7.67. The van der Waals surface area contributed by atoms with Gasteiger partial charge in [-0.25, -0.2) is 10.2 Å². The van der Waals surface area contributed by atoms with Gasteiger partial charge in [0.2, 0.25) is 0 Å². The summed E-state index contributed by atoms with van der Waals surface area (Å²) in [5, 5.41) is 15.0. The number of hydrazone groups is 1. The quantitative estimate of drug-likeness (QED) is 0.133. The molecular weight excluding hydrogens is 446 g/mol. The Labute approximate surface area is 194 Å². The summed E-state index contributed by atoms with van der Waals surface area (Å²) in [7, 11) is 0. The SMILES string of the molecule is Cc1ccc(C(=O)N/N=C/c2cc(Cl)ccc2OC(=O)/C=C/c2ccc([N+](=O)[O-])cc2)cc1. The first-order valence-corrected chi connectivity index (χ1v) is 10.0. The van der Waals surface area contributed by atoms with E-state index in [0.717, 1.165) is 5.56 Å². The molecular formula is C24H18ClN3O5. The zero-order valence-electron chi connectivity index (χ0n) is 17.4. The molecule has 0 saturated heterocycles. The summed E-state index contributed by atoms with van der Waals surface area (Å²) in [6, 6.07) is 17.3. The molecule has 0 spiro atoms. The molecule has 0 aromatic heterocycles. The summed E-state index contributed by atoms with van der Waals surface area (Å²) in [4.78, 5) is 34.6. The third-order valence-electron chi connectivity index (χ3n) is 4.38. The number of hydrogen-bond donors (Lipinski definition) is 1. The number of aryl methyl sites for hydroxylation is 1. The van der Waals surface area contributed by atoms with E-state index < -0.39 is 16.8 Å². The number of nitro benzene ring substituents is 1. The Morgan fingerprint density at radius 1 is 1.06 bits per heavy atom. The molecule has 3 aromatic rings. The van der Waals surface area contributed by atoms with Crippen LogP contribution in [-0.2, 0) is 4.79 Å². The molecule has 33 heavy (non-hydrogen) atoms. The molecule has 3 rings (SSSR count). The maximum Gasteiger partial charge on any atom is 0.336 e. The maximum atomic E-state index is 12.2. The molecule has 0 aliphatic heterocycles. The van der Waals surface area contributed by atoms with Crippen molar-refractivity contribution in [1.29, 1.82) is 0 Å². The standard InChI is InChI=1S/C24H18ClN3O5/c1-16-2-7-18(8-3-16)24(30)27-26-15-19-14-20(25)9-12-22(19)33-23(29)13-6-17-4-10-21(11-5-17)28(31)32/h2-15H,1H3,(H,27,30)/b13-6+,26-15+. The Morgan fingerprint density at radius 3 is 2.42 bits per heavy atom. The van der Waals surface area contributed by atoms with Crippen molar-refractivity contribution in [3.05, 3.63) is 110 Å². The lowest BCUT2D eigenvalue weighted by atomic mass is 10.1. The van der Waals surface area contributed by atoms with Gasteiger partial charge in [-0.05, 0) is 61.0 Å². The monoisotopic (exact) mass is 463 g/mol. The first-order valence-electron chi connectivity index (χ1n) is 9.66. The molecule has 1 N–H and O–H groups in total. The number of rotatable bonds is 7. The highest BCUT2D eigenvalue weighted by molar-refractivity contribution is 6.31. The molecule has 0 radical (unpaired) electrons. The van der Waals surface area contributed by atoms with Gasteiger partial charge in [0.05, 0.1) is 11.1 Å². The predicted octanol–water partition coefficient (Wildman–Crippen LogP) is 4.94. The van der Waals surface area contributed by atoms with Crippen LogP contribution < -0.4 is 10.2 Å². The van der Waals surface area contributed by atoms with Crippen LogP contribution >= 0.6 is 11.6 Å². The number of carbonyl (C=O) groups excluding carboxylic acids is 2. The third-order valence-corrected chi connectivity index (χ3v) is 4.62. The smallest absolute Gasteiger partial charge is 0.336 e. The number of hydrogen-bond acceptors (Lipinski definition) is 6. The van der Waals surface area contributed by atoms with Crippen LogP contribution in [0.25, 0.3) is 6.08 Å². The van der Waals surface area contributed by atoms with Crippen LogP contribution in [0.1, 0.15) is 27.0 Å². The molecule has 0 aliphatic carbocycles. The van der Waals surface area contributed by atoms with Gasteiger partial charge in [-0.1, -0.05) is 29.3 Å². The summed E-state index contributed by atoms with van der Waals surface area (Å²) in [6.07, 6.45) is 3.98. The minimum absolute atomic E-state index is 0.0470. The molecule has 0 heterocycles. The minimum atomic E-state index is -0.672. The van der Waals surface area contributed by atoms with E-state index in [1.165, 1.54) is 54.8 Å². The summed E-state index contributed by atoms with van der Waals surface area (Å²) in [6.45, 7) is 1.92. The second-order valence-corrected chi connectivity index (χ2v) is 7.29. The highest BCUT2D eigenvalue weighted by atomic mass is 35.5. The number of amides is 1. The van der Waals surface area contributed by atoms with Gasteiger partial charge < -0.3 is 4.74 Å². The second-order valence-electron chi connectivity index (χ2n) is 6.85. The largest absolute Gasteiger partial charge is 0.423 e. The molecule has 8 nitrogen and oxygen atoms in total. The average molecular weight is 464 g/mol. The molecule has 9 heteroatoms. The fourth-order valence-electron chi connectivity index (χ4n) is 2.66. The summed E-state index contributed by atoms with van der Waals surface area (Å²) >= 11 is 6.03. The lowest BCUT2D eigenvalue weighted by Gasteiger charge is -2.06. The first kappa shape index (κ1) is 23.4. The number of nitrogens with zero attached hydrogens (tertiary/aromatic N) is 2. The molecule has 0 atom stereocenters. The van der Waals surface area contributed by atoms with Gasteiger partial charge >= 0.3 is 5.97 Å². The van der Waals surface area contributed by atoms with E-state index in [1.807, 2.05) is 19.1 Å². The number of benzene rings is 3. The molecule has 3 aromatic carbocycles. The van der Waals surface area contributed by atoms with Gasteiger partial charge in [-0.3, -0.25) is 14.9 Å². The molecule has 0 fully saturated rings. The third kappa shape index (κ3) is 6.84. The fraction of sp³-hybridized carbons (Fsp3) is 0.0417. The maximum absolute atomic E-state index is 12.2. The van der Waals surface area contributed by atoms with Gasteiger partial charge in [0, 0.05) is 34.4 Å². The van der Waals surface area contributed by atoms with Crippen LogP contribution in [0.4, 0.5) is 5.69 Å². The lowest BCUT2D eigenvalue weighted by Crippen LogP contribution is -2.17. The lowest BCUT2D eigenvalue weighted by molar-refractivity contribution is -0.384.